The van der Waals surface area contributed by atoms with E-state index in [1.807, 2.05) is 24.1 Å². The molecule has 0 bridgehead atoms. The zero-order valence-electron chi connectivity index (χ0n) is 10.0. The highest BCUT2D eigenvalue weighted by Crippen LogP contribution is 2.14. The number of aromatic nitrogens is 2. The predicted octanol–water partition coefficient (Wildman–Crippen LogP) is 1.34. The molecule has 1 aliphatic heterocycles. The van der Waals surface area contributed by atoms with Crippen molar-refractivity contribution >= 4 is 23.3 Å². The Bertz CT molecular complexity index is 468. The fourth-order valence-corrected chi connectivity index (χ4v) is 1.60. The Hall–Kier alpha value is -1.82. The Morgan fingerprint density at radius 3 is 3.00 bits per heavy atom. The van der Waals surface area contributed by atoms with Gasteiger partial charge in [-0.05, 0) is 13.0 Å². The Morgan fingerprint density at radius 1 is 1.50 bits per heavy atom. The molecule has 1 aromatic heterocycles. The third-order valence-electron chi connectivity index (χ3n) is 2.35. The van der Waals surface area contributed by atoms with Gasteiger partial charge in [-0.25, -0.2) is 4.98 Å². The van der Waals surface area contributed by atoms with E-state index in [-0.39, 0.29) is 11.1 Å². The van der Waals surface area contributed by atoms with Gasteiger partial charge in [-0.1, -0.05) is 11.6 Å². The number of ether oxygens (including phenoxy) is 1. The van der Waals surface area contributed by atoms with E-state index in [2.05, 4.69) is 15.0 Å². The largest absolute Gasteiger partial charge is 0.476 e. The second-order valence-corrected chi connectivity index (χ2v) is 4.19. The van der Waals surface area contributed by atoms with Gasteiger partial charge in [-0.15, -0.1) is 0 Å². The third-order valence-corrected chi connectivity index (χ3v) is 2.54. The van der Waals surface area contributed by atoms with Crippen molar-refractivity contribution in [3.05, 3.63) is 23.5 Å². The molecule has 0 amide bonds. The quantitative estimate of drug-likeness (QED) is 0.833. The van der Waals surface area contributed by atoms with Gasteiger partial charge in [0.05, 0.1) is 6.54 Å². The molecule has 2 N–H and O–H groups in total. The van der Waals surface area contributed by atoms with Gasteiger partial charge in [0.25, 0.3) is 0 Å². The van der Waals surface area contributed by atoms with Gasteiger partial charge in [0.15, 0.2) is 0 Å². The number of rotatable bonds is 4. The lowest BCUT2D eigenvalue weighted by Crippen LogP contribution is -2.26. The van der Waals surface area contributed by atoms with E-state index < -0.39 is 0 Å². The summed E-state index contributed by atoms with van der Waals surface area (Å²) in [6, 6.07) is 1.53. The summed E-state index contributed by atoms with van der Waals surface area (Å²) in [5.41, 5.74) is 6.49. The number of nitrogens with zero attached hydrogens (tertiary/aromatic N) is 4. The highest BCUT2D eigenvalue weighted by atomic mass is 35.5. The van der Waals surface area contributed by atoms with Crippen molar-refractivity contribution in [2.24, 2.45) is 4.99 Å². The van der Waals surface area contributed by atoms with Crippen molar-refractivity contribution < 1.29 is 4.74 Å². The van der Waals surface area contributed by atoms with Crippen LogP contribution in [0.5, 0.6) is 5.88 Å². The van der Waals surface area contributed by atoms with Gasteiger partial charge in [-0.3, -0.25) is 4.99 Å². The standard InChI is InChI=1S/C11H14ClN5O/c1-8-2-3-17(7-14-8)4-5-18-10-6-9(12)15-11(13)16-10/h2-3,6H,4-5,7H2,1H3,(H2,13,15,16). The summed E-state index contributed by atoms with van der Waals surface area (Å²) in [6.45, 7) is 3.81. The highest BCUT2D eigenvalue weighted by Gasteiger charge is 2.05. The lowest BCUT2D eigenvalue weighted by molar-refractivity contribution is 0.249. The molecule has 0 spiro atoms. The highest BCUT2D eigenvalue weighted by molar-refractivity contribution is 6.29. The second-order valence-electron chi connectivity index (χ2n) is 3.80. The molecule has 1 aliphatic rings. The third kappa shape index (κ3) is 3.59. The van der Waals surface area contributed by atoms with Crippen LogP contribution >= 0.6 is 11.6 Å². The maximum absolute atomic E-state index is 5.74. The monoisotopic (exact) mass is 267 g/mol. The minimum absolute atomic E-state index is 0.107. The molecular weight excluding hydrogens is 254 g/mol. The molecule has 0 unspecified atom stereocenters. The average Bonchev–Trinajstić information content (AvgIpc) is 2.30. The van der Waals surface area contributed by atoms with Crippen molar-refractivity contribution in [2.45, 2.75) is 6.92 Å². The SMILES string of the molecule is CC1=NCN(CCOc2cc(Cl)nc(N)n2)C=C1. The van der Waals surface area contributed by atoms with Crippen LogP contribution in [0.1, 0.15) is 6.92 Å². The average molecular weight is 268 g/mol. The van der Waals surface area contributed by atoms with Crippen molar-refractivity contribution in [2.75, 3.05) is 25.6 Å². The van der Waals surface area contributed by atoms with Crippen LogP contribution in [0.2, 0.25) is 5.15 Å². The molecule has 18 heavy (non-hydrogen) atoms. The lowest BCUT2D eigenvalue weighted by atomic mass is 10.3. The van der Waals surface area contributed by atoms with Gasteiger partial charge >= 0.3 is 0 Å². The molecular formula is C11H14ClN5O. The zero-order valence-corrected chi connectivity index (χ0v) is 10.8. The van der Waals surface area contributed by atoms with Crippen LogP contribution in [-0.4, -0.2) is 40.4 Å². The maximum Gasteiger partial charge on any atom is 0.224 e. The second kappa shape index (κ2) is 5.68. The molecule has 7 heteroatoms. The van der Waals surface area contributed by atoms with Crippen molar-refractivity contribution in [1.29, 1.82) is 0 Å². The first-order valence-electron chi connectivity index (χ1n) is 5.49. The molecule has 2 heterocycles. The predicted molar refractivity (Wildman–Crippen MR) is 70.8 cm³/mol. The Kier molecular flexibility index (Phi) is 3.99. The normalized spacial score (nSPS) is 14.6. The minimum atomic E-state index is 0.107. The Morgan fingerprint density at radius 2 is 2.33 bits per heavy atom. The van der Waals surface area contributed by atoms with Crippen LogP contribution in [0.4, 0.5) is 5.95 Å². The number of anilines is 1. The van der Waals surface area contributed by atoms with Crippen LogP contribution in [-0.2, 0) is 0 Å². The van der Waals surface area contributed by atoms with Crippen LogP contribution in [0, 0.1) is 0 Å². The summed E-state index contributed by atoms with van der Waals surface area (Å²) in [5, 5.41) is 0.274. The number of nitrogen functional groups attached to an aromatic ring is 1. The molecule has 0 aromatic carbocycles. The van der Waals surface area contributed by atoms with Gasteiger partial charge in [0.1, 0.15) is 18.4 Å². The van der Waals surface area contributed by atoms with Crippen LogP contribution in [0.15, 0.2) is 23.3 Å². The first-order valence-corrected chi connectivity index (χ1v) is 5.87. The Balaban J connectivity index is 1.80. The lowest BCUT2D eigenvalue weighted by Gasteiger charge is -2.20. The molecule has 1 aromatic rings. The fourth-order valence-electron chi connectivity index (χ4n) is 1.42. The molecule has 0 atom stereocenters. The van der Waals surface area contributed by atoms with E-state index in [1.165, 1.54) is 6.07 Å². The van der Waals surface area contributed by atoms with E-state index in [9.17, 15) is 0 Å². The van der Waals surface area contributed by atoms with Gasteiger partial charge in [0.2, 0.25) is 11.8 Å². The van der Waals surface area contributed by atoms with Gasteiger partial charge in [0, 0.05) is 18.0 Å². The number of hydrogen-bond donors (Lipinski definition) is 1. The van der Waals surface area contributed by atoms with Crippen LogP contribution in [0.3, 0.4) is 0 Å². The van der Waals surface area contributed by atoms with E-state index in [0.29, 0.717) is 19.2 Å². The molecule has 6 nitrogen and oxygen atoms in total. The number of hydrogen-bond acceptors (Lipinski definition) is 6. The number of halogens is 1. The van der Waals surface area contributed by atoms with Crippen molar-refractivity contribution in [3.8, 4) is 5.88 Å². The van der Waals surface area contributed by atoms with E-state index >= 15 is 0 Å². The summed E-state index contributed by atoms with van der Waals surface area (Å²) < 4.78 is 5.46. The van der Waals surface area contributed by atoms with Crippen LogP contribution < -0.4 is 10.5 Å². The van der Waals surface area contributed by atoms with Crippen LogP contribution in [0.25, 0.3) is 0 Å². The molecule has 0 aliphatic carbocycles. The zero-order chi connectivity index (χ0) is 13.0. The van der Waals surface area contributed by atoms with Crippen molar-refractivity contribution in [1.82, 2.24) is 14.9 Å². The van der Waals surface area contributed by atoms with Crippen molar-refractivity contribution in [3.63, 3.8) is 0 Å². The molecule has 0 saturated carbocycles. The summed E-state index contributed by atoms with van der Waals surface area (Å²) in [4.78, 5) is 14.0. The minimum Gasteiger partial charge on any atom is -0.476 e. The summed E-state index contributed by atoms with van der Waals surface area (Å²) in [5.74, 6) is 0.490. The summed E-state index contributed by atoms with van der Waals surface area (Å²) in [6.07, 6.45) is 3.95. The maximum atomic E-state index is 5.74. The molecule has 2 rings (SSSR count). The fraction of sp³-hybridized carbons (Fsp3) is 0.364. The van der Waals surface area contributed by atoms with Gasteiger partial charge < -0.3 is 15.4 Å². The molecule has 96 valence electrons. The Labute approximate surface area is 110 Å². The molecule has 0 radical (unpaired) electrons. The number of allylic oxidation sites excluding steroid dienone is 1. The van der Waals surface area contributed by atoms with E-state index in [1.54, 1.807) is 0 Å². The first kappa shape index (κ1) is 12.6. The summed E-state index contributed by atoms with van der Waals surface area (Å²) in [7, 11) is 0. The number of aliphatic imine (C=N–C) groups is 1. The smallest absolute Gasteiger partial charge is 0.224 e. The van der Waals surface area contributed by atoms with Gasteiger partial charge in [-0.2, -0.15) is 4.98 Å². The first-order chi connectivity index (χ1) is 8.63. The number of nitrogens with two attached hydrogens (primary N) is 1. The summed E-state index contributed by atoms with van der Waals surface area (Å²) >= 11 is 5.74. The topological polar surface area (TPSA) is 76.6 Å². The molecule has 0 fully saturated rings. The molecule has 0 saturated heterocycles. The van der Waals surface area contributed by atoms with E-state index in [0.717, 1.165) is 12.3 Å². The van der Waals surface area contributed by atoms with E-state index in [4.69, 9.17) is 22.1 Å².